The SMILES string of the molecule is CO[C@H]1/C=C/O[C@@]2(C)Oc3c(C)c(O)c4c(c3C2=O)C(=O)C(N2CCC[C@H](C(N)=O)C2)=C(NC(=O)/C(C)=C\C=C\[C@H](C)[C@H](O)[C@@H](C)[C@H](O)[C@H](C)[C@H](OC(C)=O)[C@@H]1C)C4=O. The van der Waals surface area contributed by atoms with Crippen LogP contribution in [0.15, 0.2) is 47.5 Å². The molecule has 1 aliphatic carbocycles. The topological polar surface area (TPSA) is 241 Å². The number of aliphatic hydroxyl groups is 2. The molecule has 16 heteroatoms. The summed E-state index contributed by atoms with van der Waals surface area (Å²) in [5.74, 6) is -10.9. The summed E-state index contributed by atoms with van der Waals surface area (Å²) in [5.41, 5.74) is 3.69. The van der Waals surface area contributed by atoms with E-state index in [1.807, 2.05) is 0 Å². The van der Waals surface area contributed by atoms with Crippen LogP contribution in [0.4, 0.5) is 0 Å². The van der Waals surface area contributed by atoms with Gasteiger partial charge < -0.3 is 50.2 Å². The molecule has 5 aliphatic rings. The normalized spacial score (nSPS) is 34.0. The molecule has 0 unspecified atom stereocenters. The van der Waals surface area contributed by atoms with Gasteiger partial charge in [-0.2, -0.15) is 0 Å². The molecule has 6 N–H and O–H groups in total. The number of nitrogens with one attached hydrogen (secondary N) is 1. The predicted octanol–water partition coefficient (Wildman–Crippen LogP) is 3.16. The van der Waals surface area contributed by atoms with Crippen molar-refractivity contribution < 1.29 is 63.0 Å². The number of carbonyl (C=O) groups excluding carboxylic acids is 6. The molecule has 4 heterocycles. The molecule has 1 saturated heterocycles. The van der Waals surface area contributed by atoms with E-state index in [9.17, 15) is 44.1 Å². The Morgan fingerprint density at radius 3 is 2.27 bits per heavy atom. The molecule has 1 aromatic rings. The molecule has 0 saturated carbocycles. The fourth-order valence-corrected chi connectivity index (χ4v) is 8.39. The van der Waals surface area contributed by atoms with Crippen molar-refractivity contribution >= 4 is 35.1 Å². The molecule has 2 amide bonds. The van der Waals surface area contributed by atoms with Crippen LogP contribution < -0.4 is 15.8 Å². The van der Waals surface area contributed by atoms with Crippen molar-refractivity contribution in [1.29, 1.82) is 0 Å². The number of nitrogens with zero attached hydrogens (tertiary/aromatic N) is 1. The van der Waals surface area contributed by atoms with Crippen LogP contribution in [0.5, 0.6) is 11.5 Å². The number of aromatic hydroxyl groups is 1. The Bertz CT molecular complexity index is 2050. The van der Waals surface area contributed by atoms with Crippen molar-refractivity contribution in [2.45, 2.75) is 98.4 Å². The summed E-state index contributed by atoms with van der Waals surface area (Å²) in [6.07, 6.45) is 4.05. The van der Waals surface area contributed by atoms with Crippen molar-refractivity contribution in [2.24, 2.45) is 35.3 Å². The van der Waals surface area contributed by atoms with E-state index in [0.29, 0.717) is 12.8 Å². The standard InChI is InChI=1S/C43H55N3O13/c1-19-12-10-13-20(2)42(55)45-31-32(46-16-11-14-26(18-46)41(44)54)37(52)28-29(36(31)51)35(50)24(6)39-30(28)40(53)43(8,59-39)57-17-15-27(56-9)21(3)38(58-25(7)47)23(5)34(49)22(4)33(19)48/h10,12-13,15,17,19,21-23,26-27,33-34,38,48-50H,11,14,16,18H2,1-9H3,(H2,44,54)(H,45,55)/b12-10+,17-15+,20-13-/t19-,21+,22+,23-,26-,27-,33-,34-,38+,43-/m0/s1. The lowest BCUT2D eigenvalue weighted by atomic mass is 9.78. The van der Waals surface area contributed by atoms with Gasteiger partial charge in [0.1, 0.15) is 29.0 Å². The monoisotopic (exact) mass is 821 g/mol. The molecule has 1 aromatic carbocycles. The highest BCUT2D eigenvalue weighted by Gasteiger charge is 2.53. The number of benzene rings is 1. The third-order valence-electron chi connectivity index (χ3n) is 12.1. The number of ketones is 3. The Hall–Kier alpha value is -5.32. The fraction of sp³-hybridized carbons (Fsp3) is 0.535. The second-order valence-corrected chi connectivity index (χ2v) is 16.2. The van der Waals surface area contributed by atoms with Crippen LogP contribution >= 0.6 is 0 Å². The molecule has 4 aliphatic heterocycles. The van der Waals surface area contributed by atoms with E-state index >= 15 is 0 Å². The molecule has 59 heavy (non-hydrogen) atoms. The van der Waals surface area contributed by atoms with Crippen LogP contribution in [0.3, 0.4) is 0 Å². The van der Waals surface area contributed by atoms with Gasteiger partial charge in [0.05, 0.1) is 47.2 Å². The zero-order valence-electron chi connectivity index (χ0n) is 34.9. The molecule has 0 aromatic heterocycles. The Labute approximate surface area is 343 Å². The first-order valence-corrected chi connectivity index (χ1v) is 19.7. The largest absolute Gasteiger partial charge is 0.507 e. The van der Waals surface area contributed by atoms with E-state index in [4.69, 9.17) is 24.7 Å². The predicted molar refractivity (Wildman–Crippen MR) is 212 cm³/mol. The number of phenols is 1. The van der Waals surface area contributed by atoms with Crippen LogP contribution in [-0.2, 0) is 28.6 Å². The number of amides is 2. The molecular weight excluding hydrogens is 766 g/mol. The number of hydrogen-bond acceptors (Lipinski definition) is 14. The minimum absolute atomic E-state index is 0.0390. The van der Waals surface area contributed by atoms with Gasteiger partial charge in [0, 0.05) is 68.9 Å². The number of allylic oxidation sites excluding steroid dienone is 4. The second-order valence-electron chi connectivity index (χ2n) is 16.2. The molecule has 6 rings (SSSR count). The first kappa shape index (κ1) is 44.8. The smallest absolute Gasteiger partial charge is 0.312 e. The van der Waals surface area contributed by atoms with Crippen LogP contribution in [-0.4, -0.2) is 106 Å². The number of fused-ring (bicyclic) bond motifs is 14. The number of esters is 1. The number of aliphatic hydroxyl groups excluding tert-OH is 2. The zero-order valence-corrected chi connectivity index (χ0v) is 34.9. The maximum absolute atomic E-state index is 14.8. The van der Waals surface area contributed by atoms with E-state index < -0.39 is 117 Å². The first-order chi connectivity index (χ1) is 27.7. The van der Waals surface area contributed by atoms with Gasteiger partial charge in [0.15, 0.2) is 0 Å². The van der Waals surface area contributed by atoms with Gasteiger partial charge in [-0.15, -0.1) is 0 Å². The summed E-state index contributed by atoms with van der Waals surface area (Å²) in [6, 6.07) is 0. The molecular formula is C43H55N3O13. The fourth-order valence-electron chi connectivity index (χ4n) is 8.39. The highest BCUT2D eigenvalue weighted by atomic mass is 16.7. The maximum Gasteiger partial charge on any atom is 0.312 e. The average Bonchev–Trinajstić information content (AvgIpc) is 3.46. The van der Waals surface area contributed by atoms with Crippen LogP contribution in [0.25, 0.3) is 0 Å². The third-order valence-corrected chi connectivity index (χ3v) is 12.1. The molecule has 0 spiro atoms. The average molecular weight is 822 g/mol. The van der Waals surface area contributed by atoms with E-state index in [2.05, 4.69) is 5.32 Å². The quantitative estimate of drug-likeness (QED) is 0.274. The van der Waals surface area contributed by atoms with Gasteiger partial charge in [0.2, 0.25) is 17.5 Å². The highest BCUT2D eigenvalue weighted by Crippen LogP contribution is 2.49. The molecule has 16 nitrogen and oxygen atoms in total. The second kappa shape index (κ2) is 17.5. The third kappa shape index (κ3) is 8.43. The zero-order chi connectivity index (χ0) is 43.8. The summed E-state index contributed by atoms with van der Waals surface area (Å²) in [7, 11) is 1.41. The Kier molecular flexibility index (Phi) is 13.3. The lowest BCUT2D eigenvalue weighted by molar-refractivity contribution is -0.160. The van der Waals surface area contributed by atoms with E-state index in [1.54, 1.807) is 33.8 Å². The van der Waals surface area contributed by atoms with Crippen LogP contribution in [0.1, 0.15) is 97.9 Å². The van der Waals surface area contributed by atoms with Crippen molar-refractivity contribution in [3.8, 4) is 11.5 Å². The Morgan fingerprint density at radius 2 is 1.64 bits per heavy atom. The van der Waals surface area contributed by atoms with Crippen LogP contribution in [0, 0.1) is 36.5 Å². The maximum atomic E-state index is 14.8. The first-order valence-electron chi connectivity index (χ1n) is 19.7. The van der Waals surface area contributed by atoms with Crippen molar-refractivity contribution in [1.82, 2.24) is 10.2 Å². The number of piperidine rings is 1. The molecule has 0 radical (unpaired) electrons. The Balaban J connectivity index is 1.69. The van der Waals surface area contributed by atoms with Crippen molar-refractivity contribution in [3.63, 3.8) is 0 Å². The summed E-state index contributed by atoms with van der Waals surface area (Å²) >= 11 is 0. The summed E-state index contributed by atoms with van der Waals surface area (Å²) in [5, 5.41) is 37.0. The Morgan fingerprint density at radius 1 is 0.966 bits per heavy atom. The molecule has 1 fully saturated rings. The number of methoxy groups -OCH3 is 1. The summed E-state index contributed by atoms with van der Waals surface area (Å²) in [4.78, 5) is 83.7. The minimum atomic E-state index is -2.12. The molecule has 320 valence electrons. The number of primary amides is 1. The van der Waals surface area contributed by atoms with Crippen molar-refractivity contribution in [3.05, 3.63) is 69.8 Å². The minimum Gasteiger partial charge on any atom is -0.507 e. The van der Waals surface area contributed by atoms with E-state index in [-0.39, 0.29) is 41.2 Å². The number of Topliss-reactive ketones (excluding diaryl/α,β-unsaturated/α-hetero) is 3. The van der Waals surface area contributed by atoms with E-state index in [0.717, 1.165) is 6.26 Å². The number of rotatable bonds is 4. The number of ether oxygens (including phenoxy) is 4. The van der Waals surface area contributed by atoms with Crippen molar-refractivity contribution in [2.75, 3.05) is 20.2 Å². The summed E-state index contributed by atoms with van der Waals surface area (Å²) in [6.45, 7) is 12.4. The number of nitrogens with two attached hydrogens (primary N) is 1. The lowest BCUT2D eigenvalue weighted by Gasteiger charge is -2.38. The van der Waals surface area contributed by atoms with Gasteiger partial charge in [-0.05, 0) is 32.8 Å². The van der Waals surface area contributed by atoms with Gasteiger partial charge in [-0.25, -0.2) is 0 Å². The summed E-state index contributed by atoms with van der Waals surface area (Å²) < 4.78 is 23.5. The van der Waals surface area contributed by atoms with E-state index in [1.165, 1.54) is 57.9 Å². The van der Waals surface area contributed by atoms with Gasteiger partial charge >= 0.3 is 11.8 Å². The van der Waals surface area contributed by atoms with Crippen LogP contribution in [0.2, 0.25) is 0 Å². The molecule has 10 atom stereocenters. The molecule has 5 bridgehead atoms. The van der Waals surface area contributed by atoms with Gasteiger partial charge in [-0.1, -0.05) is 45.9 Å². The number of carbonyl (C=O) groups is 6. The van der Waals surface area contributed by atoms with Gasteiger partial charge in [-0.3, -0.25) is 28.8 Å². The number of hydrogen-bond donors (Lipinski definition) is 5. The lowest BCUT2D eigenvalue weighted by Crippen LogP contribution is -2.46. The number of likely N-dealkylation sites (tertiary alicyclic amines) is 1. The van der Waals surface area contributed by atoms with Gasteiger partial charge in [0.25, 0.3) is 11.7 Å². The highest BCUT2D eigenvalue weighted by molar-refractivity contribution is 6.32. The number of phenolic OH excluding ortho intramolecular Hbond substituents is 1.